The number of benzene rings is 1. The number of hydrogen-bond acceptors (Lipinski definition) is 3. The van der Waals surface area contributed by atoms with Crippen molar-refractivity contribution in [3.8, 4) is 5.75 Å². The van der Waals surface area contributed by atoms with Crippen molar-refractivity contribution in [3.63, 3.8) is 0 Å². The molecule has 1 spiro atoms. The number of hydrogen-bond donors (Lipinski definition) is 2. The summed E-state index contributed by atoms with van der Waals surface area (Å²) in [7, 11) is 0. The molecular formula is C21H27N2O2+. The first kappa shape index (κ1) is 15.4. The van der Waals surface area contributed by atoms with Gasteiger partial charge in [-0.1, -0.05) is 18.2 Å². The number of nitrogens with zero attached hydrogens (tertiary/aromatic N) is 1. The van der Waals surface area contributed by atoms with Crippen LogP contribution in [0, 0.1) is 11.8 Å². The molecule has 0 aromatic heterocycles. The van der Waals surface area contributed by atoms with Gasteiger partial charge >= 0.3 is 0 Å². The van der Waals surface area contributed by atoms with E-state index in [1.165, 1.54) is 24.0 Å². The van der Waals surface area contributed by atoms with Crippen LogP contribution in [-0.4, -0.2) is 47.6 Å². The summed E-state index contributed by atoms with van der Waals surface area (Å²) in [6.07, 6.45) is 5.66. The average molecular weight is 339 g/mol. The number of phenols is 1. The number of aldehydes is 1. The van der Waals surface area contributed by atoms with E-state index in [1.54, 1.807) is 6.07 Å². The van der Waals surface area contributed by atoms with E-state index in [0.29, 0.717) is 17.7 Å². The van der Waals surface area contributed by atoms with Crippen LogP contribution < -0.4 is 5.32 Å². The van der Waals surface area contributed by atoms with Crippen LogP contribution in [0.4, 0.5) is 5.69 Å². The minimum atomic E-state index is -0.00850. The fourth-order valence-corrected chi connectivity index (χ4v) is 6.97. The summed E-state index contributed by atoms with van der Waals surface area (Å²) in [4.78, 5) is 12.2. The highest BCUT2D eigenvalue weighted by Crippen LogP contribution is 2.64. The number of aromatic hydroxyl groups is 1. The molecule has 25 heavy (non-hydrogen) atoms. The van der Waals surface area contributed by atoms with Crippen LogP contribution >= 0.6 is 0 Å². The van der Waals surface area contributed by atoms with Crippen molar-refractivity contribution >= 4 is 12.0 Å². The summed E-state index contributed by atoms with van der Waals surface area (Å²) in [5, 5.41) is 14.1. The third-order valence-corrected chi connectivity index (χ3v) is 8.08. The summed E-state index contributed by atoms with van der Waals surface area (Å²) in [5.41, 5.74) is 3.59. The van der Waals surface area contributed by atoms with E-state index in [0.717, 1.165) is 36.1 Å². The van der Waals surface area contributed by atoms with E-state index in [-0.39, 0.29) is 17.4 Å². The maximum Gasteiger partial charge on any atom is 0.138 e. The SMILES string of the molecule is C/C=C1/C[N+]2(CC)CCC34c5cccc(O)c5NC3C(C=O)C1CC42. The molecule has 3 aliphatic heterocycles. The molecule has 1 aromatic carbocycles. The number of carbonyl (C=O) groups excluding carboxylic acids is 1. The van der Waals surface area contributed by atoms with Gasteiger partial charge in [0.25, 0.3) is 0 Å². The normalized spacial score (nSPS) is 45.0. The molecule has 2 N–H and O–H groups in total. The van der Waals surface area contributed by atoms with Crippen molar-refractivity contribution in [2.75, 3.05) is 25.0 Å². The van der Waals surface area contributed by atoms with Crippen molar-refractivity contribution in [3.05, 3.63) is 35.4 Å². The largest absolute Gasteiger partial charge is 0.506 e. The van der Waals surface area contributed by atoms with Gasteiger partial charge in [0, 0.05) is 24.7 Å². The van der Waals surface area contributed by atoms with Crippen LogP contribution in [0.3, 0.4) is 0 Å². The highest BCUT2D eigenvalue weighted by Gasteiger charge is 2.71. The molecule has 0 radical (unpaired) electrons. The number of allylic oxidation sites excluding steroid dienone is 1. The predicted molar refractivity (Wildman–Crippen MR) is 97.6 cm³/mol. The Kier molecular flexibility index (Phi) is 3.01. The Hall–Kier alpha value is -1.81. The lowest BCUT2D eigenvalue weighted by Gasteiger charge is -2.56. The number of para-hydroxylation sites is 1. The number of likely N-dealkylation sites (N-methyl/N-ethyl adjacent to an activating group) is 1. The van der Waals surface area contributed by atoms with Gasteiger partial charge in [-0.2, -0.15) is 0 Å². The Morgan fingerprint density at radius 3 is 3.00 bits per heavy atom. The van der Waals surface area contributed by atoms with Gasteiger partial charge in [-0.05, 0) is 31.1 Å². The Labute approximate surface area is 149 Å². The molecule has 4 heteroatoms. The third-order valence-electron chi connectivity index (χ3n) is 8.08. The van der Waals surface area contributed by atoms with Gasteiger partial charge in [-0.15, -0.1) is 0 Å². The molecule has 4 nitrogen and oxygen atoms in total. The second-order valence-electron chi connectivity index (χ2n) is 8.46. The molecule has 6 atom stereocenters. The molecule has 1 saturated carbocycles. The van der Waals surface area contributed by atoms with Crippen LogP contribution in [0.1, 0.15) is 32.3 Å². The molecule has 0 amide bonds. The van der Waals surface area contributed by atoms with Gasteiger partial charge in [-0.3, -0.25) is 0 Å². The minimum Gasteiger partial charge on any atom is -0.506 e. The van der Waals surface area contributed by atoms with Gasteiger partial charge in [-0.25, -0.2) is 0 Å². The van der Waals surface area contributed by atoms with Gasteiger partial charge in [0.15, 0.2) is 0 Å². The highest BCUT2D eigenvalue weighted by molar-refractivity contribution is 5.74. The van der Waals surface area contributed by atoms with Crippen molar-refractivity contribution in [1.82, 2.24) is 0 Å². The van der Waals surface area contributed by atoms with Crippen LogP contribution in [0.25, 0.3) is 0 Å². The van der Waals surface area contributed by atoms with Crippen molar-refractivity contribution < 1.29 is 14.4 Å². The van der Waals surface area contributed by atoms with E-state index in [4.69, 9.17) is 0 Å². The zero-order valence-electron chi connectivity index (χ0n) is 15.0. The molecule has 1 aliphatic carbocycles. The second kappa shape index (κ2) is 4.88. The Balaban J connectivity index is 1.76. The smallest absolute Gasteiger partial charge is 0.138 e. The zero-order valence-corrected chi connectivity index (χ0v) is 15.0. The first-order chi connectivity index (χ1) is 12.1. The van der Waals surface area contributed by atoms with Gasteiger partial charge < -0.3 is 19.7 Å². The summed E-state index contributed by atoms with van der Waals surface area (Å²) < 4.78 is 1.15. The number of piperidine rings is 1. The van der Waals surface area contributed by atoms with Crippen molar-refractivity contribution in [1.29, 1.82) is 0 Å². The molecule has 6 unspecified atom stereocenters. The quantitative estimate of drug-likeness (QED) is 0.377. The zero-order chi connectivity index (χ0) is 17.4. The topological polar surface area (TPSA) is 49.3 Å². The summed E-state index contributed by atoms with van der Waals surface area (Å²) in [6, 6.07) is 6.57. The number of fused-ring (bicyclic) bond motifs is 2. The molecule has 1 aromatic rings. The minimum absolute atomic E-state index is 0.00796. The van der Waals surface area contributed by atoms with Gasteiger partial charge in [0.05, 0.1) is 30.2 Å². The Morgan fingerprint density at radius 1 is 1.44 bits per heavy atom. The second-order valence-corrected chi connectivity index (χ2v) is 8.46. The van der Waals surface area contributed by atoms with E-state index >= 15 is 0 Å². The standard InChI is InChI=1S/C21H26N2O2/c1-3-13-11-23(4-2)9-8-21-16-6-5-7-17(25)19(16)22-20(21)15(12-24)14(13)10-18(21)23/h3,5-7,12,14-15,18,20,22H,4,8-11H2,1-2H3/p+1/b13-3-. The molecule has 3 fully saturated rings. The van der Waals surface area contributed by atoms with Crippen LogP contribution in [-0.2, 0) is 10.2 Å². The first-order valence-corrected chi connectivity index (χ1v) is 9.66. The average Bonchev–Trinajstić information content (AvgIpc) is 3.17. The third kappa shape index (κ3) is 1.60. The lowest BCUT2D eigenvalue weighted by molar-refractivity contribution is -0.941. The van der Waals surface area contributed by atoms with Crippen LogP contribution in [0.2, 0.25) is 0 Å². The fraction of sp³-hybridized carbons (Fsp3) is 0.571. The number of anilines is 1. The Morgan fingerprint density at radius 2 is 2.28 bits per heavy atom. The van der Waals surface area contributed by atoms with Gasteiger partial charge in [0.1, 0.15) is 24.6 Å². The molecule has 3 heterocycles. The van der Waals surface area contributed by atoms with E-state index in [1.807, 2.05) is 6.07 Å². The van der Waals surface area contributed by atoms with Crippen LogP contribution in [0.15, 0.2) is 29.8 Å². The van der Waals surface area contributed by atoms with Crippen LogP contribution in [0.5, 0.6) is 5.75 Å². The molecule has 2 bridgehead atoms. The van der Waals surface area contributed by atoms with Crippen molar-refractivity contribution in [2.24, 2.45) is 11.8 Å². The highest BCUT2D eigenvalue weighted by atomic mass is 16.3. The molecule has 2 saturated heterocycles. The molecular weight excluding hydrogens is 312 g/mol. The monoisotopic (exact) mass is 339 g/mol. The lowest BCUT2D eigenvalue weighted by Crippen LogP contribution is -2.68. The molecule has 5 rings (SSSR count). The predicted octanol–water partition coefficient (Wildman–Crippen LogP) is 2.83. The maximum absolute atomic E-state index is 12.2. The summed E-state index contributed by atoms with van der Waals surface area (Å²) in [5.74, 6) is 0.671. The maximum atomic E-state index is 12.2. The number of carbonyl (C=O) groups is 1. The number of quaternary nitrogens is 1. The lowest BCUT2D eigenvalue weighted by atomic mass is 9.55. The first-order valence-electron chi connectivity index (χ1n) is 9.66. The van der Waals surface area contributed by atoms with Crippen molar-refractivity contribution in [2.45, 2.75) is 44.2 Å². The molecule has 132 valence electrons. The van der Waals surface area contributed by atoms with E-state index in [2.05, 4.69) is 31.3 Å². The van der Waals surface area contributed by atoms with E-state index in [9.17, 15) is 9.90 Å². The number of nitrogens with one attached hydrogen (secondary N) is 1. The Bertz CT molecular complexity index is 788. The fourth-order valence-electron chi connectivity index (χ4n) is 6.97. The van der Waals surface area contributed by atoms with E-state index < -0.39 is 0 Å². The van der Waals surface area contributed by atoms with Gasteiger partial charge in [0.2, 0.25) is 0 Å². The number of rotatable bonds is 2. The molecule has 4 aliphatic rings. The summed E-state index contributed by atoms with van der Waals surface area (Å²) >= 11 is 0. The summed E-state index contributed by atoms with van der Waals surface area (Å²) in [6.45, 7) is 7.85. The number of phenolic OH excluding ortho intramolecular Hbond substituents is 1.